The molecule has 0 saturated heterocycles. The van der Waals surface area contributed by atoms with Gasteiger partial charge in [0.1, 0.15) is 0 Å². The third-order valence-corrected chi connectivity index (χ3v) is 6.72. The topological polar surface area (TPSA) is 72.0 Å². The first-order valence-electron chi connectivity index (χ1n) is 11.9. The summed E-state index contributed by atoms with van der Waals surface area (Å²) in [6, 6.07) is 24.5. The van der Waals surface area contributed by atoms with E-state index in [9.17, 15) is 4.79 Å². The molecule has 3 atom stereocenters. The van der Waals surface area contributed by atoms with Crippen LogP contribution in [0.5, 0.6) is 11.5 Å². The Kier molecular flexibility index (Phi) is 6.53. The minimum absolute atomic E-state index is 0.152. The van der Waals surface area contributed by atoms with E-state index in [1.54, 1.807) is 19.2 Å². The fraction of sp³-hybridized carbons (Fsp3) is 0.241. The third kappa shape index (κ3) is 4.78. The maximum atomic E-state index is 12.3. The number of anilines is 1. The molecule has 2 N–H and O–H groups in total. The zero-order valence-corrected chi connectivity index (χ0v) is 19.9. The summed E-state index contributed by atoms with van der Waals surface area (Å²) in [4.78, 5) is 12.3. The Morgan fingerprint density at radius 2 is 1.83 bits per heavy atom. The maximum Gasteiger partial charge on any atom is 0.277 e. The van der Waals surface area contributed by atoms with Gasteiger partial charge in [-0.25, -0.2) is 5.43 Å². The number of hydrogen-bond donors (Lipinski definition) is 2. The van der Waals surface area contributed by atoms with E-state index in [1.807, 2.05) is 25.1 Å². The van der Waals surface area contributed by atoms with Gasteiger partial charge in [0.25, 0.3) is 5.91 Å². The molecule has 6 nitrogen and oxygen atoms in total. The van der Waals surface area contributed by atoms with Gasteiger partial charge in [0.05, 0.1) is 18.9 Å². The zero-order chi connectivity index (χ0) is 24.2. The number of rotatable bonds is 7. The molecule has 6 heteroatoms. The van der Waals surface area contributed by atoms with Crippen molar-refractivity contribution >= 4 is 17.3 Å². The fourth-order valence-electron chi connectivity index (χ4n) is 4.93. The van der Waals surface area contributed by atoms with Crippen LogP contribution < -0.4 is 20.2 Å². The van der Waals surface area contributed by atoms with Crippen LogP contribution in [0.2, 0.25) is 0 Å². The number of allylic oxidation sites excluding steroid dienone is 2. The van der Waals surface area contributed by atoms with Crippen LogP contribution in [0, 0.1) is 5.92 Å². The fourth-order valence-corrected chi connectivity index (χ4v) is 4.93. The number of benzene rings is 3. The summed E-state index contributed by atoms with van der Waals surface area (Å²) in [5, 5.41) is 8.08. The number of ether oxygens (including phenoxy) is 2. The van der Waals surface area contributed by atoms with Crippen LogP contribution in [-0.2, 0) is 4.79 Å². The highest BCUT2D eigenvalue weighted by atomic mass is 16.5. The predicted molar refractivity (Wildman–Crippen MR) is 138 cm³/mol. The number of carbonyl (C=O) groups is 1. The van der Waals surface area contributed by atoms with Crippen LogP contribution in [0.1, 0.15) is 42.0 Å². The number of nitrogens with one attached hydrogen (secondary N) is 2. The first-order valence-corrected chi connectivity index (χ1v) is 11.9. The van der Waals surface area contributed by atoms with E-state index in [4.69, 9.17) is 9.47 Å². The quantitative estimate of drug-likeness (QED) is 0.276. The molecule has 1 amide bonds. The third-order valence-electron chi connectivity index (χ3n) is 6.72. The molecule has 0 unspecified atom stereocenters. The number of nitrogens with zero attached hydrogens (tertiary/aromatic N) is 1. The smallest absolute Gasteiger partial charge is 0.277 e. The van der Waals surface area contributed by atoms with E-state index in [0.29, 0.717) is 23.3 Å². The number of carbonyl (C=O) groups excluding carboxylic acids is 1. The minimum atomic E-state index is -0.334. The van der Waals surface area contributed by atoms with Gasteiger partial charge in [-0.15, -0.1) is 0 Å². The minimum Gasteiger partial charge on any atom is -0.493 e. The van der Waals surface area contributed by atoms with Gasteiger partial charge in [-0.2, -0.15) is 5.10 Å². The average Bonchev–Trinajstić information content (AvgIpc) is 3.41. The first-order chi connectivity index (χ1) is 17.1. The van der Waals surface area contributed by atoms with Crippen LogP contribution in [0.4, 0.5) is 5.69 Å². The second-order valence-corrected chi connectivity index (χ2v) is 8.86. The first kappa shape index (κ1) is 22.7. The standard InChI is InChI=1S/C29H29N3O3/c1-19(31-32-28(33)18-35-27-14-7-6-13-26(27)34-2)21-15-16-25-24(17-21)22-11-8-12-23(22)29(30-25)20-9-4-3-5-10-20/h3-11,13-17,22-23,29-30H,12,18H2,1-2H3,(H,32,33)/b31-19-/t22-,23+,29+/m1/s1. The lowest BCUT2D eigenvalue weighted by atomic mass is 9.76. The number of hydrazone groups is 1. The normalized spacial score (nSPS) is 20.4. The molecule has 0 fully saturated rings. The molecule has 0 aromatic heterocycles. The van der Waals surface area contributed by atoms with Crippen molar-refractivity contribution in [2.24, 2.45) is 11.0 Å². The van der Waals surface area contributed by atoms with Crippen molar-refractivity contribution in [3.05, 3.63) is 102 Å². The van der Waals surface area contributed by atoms with E-state index in [2.05, 4.69) is 70.5 Å². The Hall–Kier alpha value is -4.06. The highest BCUT2D eigenvalue weighted by molar-refractivity contribution is 6.00. The van der Waals surface area contributed by atoms with Crippen molar-refractivity contribution in [1.29, 1.82) is 0 Å². The van der Waals surface area contributed by atoms with Crippen LogP contribution in [0.25, 0.3) is 0 Å². The van der Waals surface area contributed by atoms with Crippen LogP contribution in [-0.4, -0.2) is 25.3 Å². The van der Waals surface area contributed by atoms with E-state index in [1.165, 1.54) is 11.1 Å². The van der Waals surface area contributed by atoms with Gasteiger partial charge in [0.2, 0.25) is 0 Å². The predicted octanol–water partition coefficient (Wildman–Crippen LogP) is 5.44. The van der Waals surface area contributed by atoms with Crippen molar-refractivity contribution < 1.29 is 14.3 Å². The van der Waals surface area contributed by atoms with Crippen molar-refractivity contribution in [3.63, 3.8) is 0 Å². The lowest BCUT2D eigenvalue weighted by molar-refractivity contribution is -0.123. The monoisotopic (exact) mass is 467 g/mol. The van der Waals surface area contributed by atoms with Gasteiger partial charge in [-0.1, -0.05) is 60.7 Å². The Bertz CT molecular complexity index is 1270. The van der Waals surface area contributed by atoms with Crippen molar-refractivity contribution in [2.75, 3.05) is 19.0 Å². The Labute approximate surface area is 205 Å². The summed E-state index contributed by atoms with van der Waals surface area (Å²) in [6.45, 7) is 1.74. The highest BCUT2D eigenvalue weighted by Gasteiger charge is 2.37. The maximum absolute atomic E-state index is 12.3. The van der Waals surface area contributed by atoms with Crippen LogP contribution in [0.15, 0.2) is 90.0 Å². The van der Waals surface area contributed by atoms with E-state index in [-0.39, 0.29) is 18.6 Å². The summed E-state index contributed by atoms with van der Waals surface area (Å²) >= 11 is 0. The number of fused-ring (bicyclic) bond motifs is 3. The van der Waals surface area contributed by atoms with Crippen molar-refractivity contribution in [2.45, 2.75) is 25.3 Å². The average molecular weight is 468 g/mol. The second kappa shape index (κ2) is 10.1. The van der Waals surface area contributed by atoms with Gasteiger partial charge in [-0.05, 0) is 60.2 Å². The van der Waals surface area contributed by atoms with E-state index >= 15 is 0 Å². The molecule has 0 bridgehead atoms. The van der Waals surface area contributed by atoms with Gasteiger partial charge in [0, 0.05) is 11.6 Å². The SMILES string of the molecule is COc1ccccc1OCC(=O)N/N=C(/C)c1ccc2c(c1)[C@@H]1C=CC[C@@H]1[C@H](c1ccccc1)N2. The molecule has 1 aliphatic carbocycles. The van der Waals surface area contributed by atoms with E-state index in [0.717, 1.165) is 23.4 Å². The molecule has 5 rings (SSSR count). The molecular formula is C29H29N3O3. The summed E-state index contributed by atoms with van der Waals surface area (Å²) in [5.74, 6) is 1.59. The molecule has 3 aromatic rings. The van der Waals surface area contributed by atoms with E-state index < -0.39 is 0 Å². The van der Waals surface area contributed by atoms with Gasteiger partial charge in [-0.3, -0.25) is 4.79 Å². The number of hydrogen-bond acceptors (Lipinski definition) is 5. The Morgan fingerprint density at radius 3 is 2.63 bits per heavy atom. The zero-order valence-electron chi connectivity index (χ0n) is 19.9. The lowest BCUT2D eigenvalue weighted by Crippen LogP contribution is -2.29. The molecule has 35 heavy (non-hydrogen) atoms. The van der Waals surface area contributed by atoms with Crippen LogP contribution >= 0.6 is 0 Å². The number of methoxy groups -OCH3 is 1. The van der Waals surface area contributed by atoms with Crippen LogP contribution in [0.3, 0.4) is 0 Å². The highest BCUT2D eigenvalue weighted by Crippen LogP contribution is 2.49. The van der Waals surface area contributed by atoms with Crippen molar-refractivity contribution in [1.82, 2.24) is 5.43 Å². The summed E-state index contributed by atoms with van der Waals surface area (Å²) in [5.41, 5.74) is 8.05. The Balaban J connectivity index is 1.28. The molecule has 3 aromatic carbocycles. The van der Waals surface area contributed by atoms with Gasteiger partial charge >= 0.3 is 0 Å². The van der Waals surface area contributed by atoms with Gasteiger partial charge < -0.3 is 14.8 Å². The molecule has 0 radical (unpaired) electrons. The number of amides is 1. The second-order valence-electron chi connectivity index (χ2n) is 8.86. The largest absolute Gasteiger partial charge is 0.493 e. The molecule has 0 saturated carbocycles. The molecule has 1 heterocycles. The molecular weight excluding hydrogens is 438 g/mol. The lowest BCUT2D eigenvalue weighted by Gasteiger charge is -2.37. The number of para-hydroxylation sites is 2. The Morgan fingerprint density at radius 1 is 1.06 bits per heavy atom. The molecule has 178 valence electrons. The van der Waals surface area contributed by atoms with Crippen molar-refractivity contribution in [3.8, 4) is 11.5 Å². The molecule has 2 aliphatic rings. The summed E-state index contributed by atoms with van der Waals surface area (Å²) in [6.07, 6.45) is 5.67. The molecule has 1 aliphatic heterocycles. The summed E-state index contributed by atoms with van der Waals surface area (Å²) < 4.78 is 10.8. The molecule has 0 spiro atoms. The summed E-state index contributed by atoms with van der Waals surface area (Å²) in [7, 11) is 1.56. The van der Waals surface area contributed by atoms with Gasteiger partial charge in [0.15, 0.2) is 18.1 Å².